The first-order valence-corrected chi connectivity index (χ1v) is 7.47. The summed E-state index contributed by atoms with van der Waals surface area (Å²) in [7, 11) is 0. The second-order valence-electron chi connectivity index (χ2n) is 5.43. The smallest absolute Gasteiger partial charge is 0.329 e. The second kappa shape index (κ2) is 6.20. The number of carboxylic acid groups (broad SMARTS) is 1. The first-order valence-electron chi connectivity index (χ1n) is 7.47. The second-order valence-corrected chi connectivity index (χ2v) is 5.43. The van der Waals surface area contributed by atoms with Crippen LogP contribution in [-0.2, 0) is 17.6 Å². The number of hydrogen-bond acceptors (Lipinski definition) is 4. The molecule has 1 aromatic heterocycles. The van der Waals surface area contributed by atoms with Crippen molar-refractivity contribution in [1.29, 1.82) is 0 Å². The van der Waals surface area contributed by atoms with Gasteiger partial charge in [-0.15, -0.1) is 0 Å². The maximum Gasteiger partial charge on any atom is 0.329 e. The molecule has 0 aliphatic heterocycles. The van der Waals surface area contributed by atoms with E-state index in [4.69, 9.17) is 0 Å². The molecule has 0 atom stereocenters. The lowest BCUT2D eigenvalue weighted by atomic mass is 9.92. The Balaban J connectivity index is 2.35. The monoisotopic (exact) mass is 277 g/mol. The van der Waals surface area contributed by atoms with Crippen molar-refractivity contribution < 1.29 is 9.90 Å². The average molecular weight is 277 g/mol. The molecule has 1 aliphatic carbocycles. The SMILES string of the molecule is CCC(CC)(Nc1ncnc2c1CCCCC2)C(=O)O. The fraction of sp³-hybridized carbons (Fsp3) is 0.667. The predicted molar refractivity (Wildman–Crippen MR) is 77.9 cm³/mol. The standard InChI is InChI=1S/C15H23N3O2/c1-3-15(4-2,14(19)20)18-13-11-8-6-5-7-9-12(11)16-10-17-13/h10H,3-9H2,1-2H3,(H,19,20)(H,16,17,18). The summed E-state index contributed by atoms with van der Waals surface area (Å²) < 4.78 is 0. The van der Waals surface area contributed by atoms with Gasteiger partial charge in [0.05, 0.1) is 0 Å². The van der Waals surface area contributed by atoms with Crippen LogP contribution in [0.4, 0.5) is 5.82 Å². The van der Waals surface area contributed by atoms with E-state index in [9.17, 15) is 9.90 Å². The molecule has 0 unspecified atom stereocenters. The molecular weight excluding hydrogens is 254 g/mol. The third-order valence-corrected chi connectivity index (χ3v) is 4.35. The van der Waals surface area contributed by atoms with Gasteiger partial charge in [0, 0.05) is 11.3 Å². The van der Waals surface area contributed by atoms with Gasteiger partial charge in [0.25, 0.3) is 0 Å². The van der Waals surface area contributed by atoms with Gasteiger partial charge in [0.2, 0.25) is 0 Å². The van der Waals surface area contributed by atoms with Crippen LogP contribution in [0.15, 0.2) is 6.33 Å². The quantitative estimate of drug-likeness (QED) is 0.809. The van der Waals surface area contributed by atoms with Gasteiger partial charge in [-0.1, -0.05) is 20.3 Å². The van der Waals surface area contributed by atoms with Crippen LogP contribution < -0.4 is 5.32 Å². The van der Waals surface area contributed by atoms with Gasteiger partial charge in [-0.2, -0.15) is 0 Å². The van der Waals surface area contributed by atoms with Crippen LogP contribution in [0.25, 0.3) is 0 Å². The third-order valence-electron chi connectivity index (χ3n) is 4.35. The third kappa shape index (κ3) is 2.76. The molecule has 0 bridgehead atoms. The number of aliphatic carboxylic acids is 1. The highest BCUT2D eigenvalue weighted by molar-refractivity contribution is 5.82. The van der Waals surface area contributed by atoms with E-state index >= 15 is 0 Å². The molecule has 2 rings (SSSR count). The molecular formula is C15H23N3O2. The summed E-state index contributed by atoms with van der Waals surface area (Å²) in [5.74, 6) is -0.105. The molecule has 5 heteroatoms. The van der Waals surface area contributed by atoms with Gasteiger partial charge in [-0.3, -0.25) is 0 Å². The van der Waals surface area contributed by atoms with Crippen LogP contribution in [0.3, 0.4) is 0 Å². The molecule has 1 heterocycles. The zero-order valence-electron chi connectivity index (χ0n) is 12.3. The van der Waals surface area contributed by atoms with E-state index in [2.05, 4.69) is 15.3 Å². The lowest BCUT2D eigenvalue weighted by Crippen LogP contribution is -2.45. The number of nitrogens with zero attached hydrogens (tertiary/aromatic N) is 2. The minimum Gasteiger partial charge on any atom is -0.480 e. The van der Waals surface area contributed by atoms with Crippen molar-refractivity contribution in [2.75, 3.05) is 5.32 Å². The molecule has 0 saturated heterocycles. The van der Waals surface area contributed by atoms with Gasteiger partial charge in [-0.05, 0) is 38.5 Å². The Morgan fingerprint density at radius 1 is 1.25 bits per heavy atom. The van der Waals surface area contributed by atoms with E-state index in [0.29, 0.717) is 18.7 Å². The molecule has 1 aromatic rings. The Hall–Kier alpha value is -1.65. The molecule has 20 heavy (non-hydrogen) atoms. The summed E-state index contributed by atoms with van der Waals surface area (Å²) in [6, 6.07) is 0. The Bertz CT molecular complexity index is 484. The Morgan fingerprint density at radius 3 is 2.60 bits per heavy atom. The van der Waals surface area contributed by atoms with Gasteiger partial charge >= 0.3 is 5.97 Å². The number of anilines is 1. The molecule has 110 valence electrons. The van der Waals surface area contributed by atoms with Gasteiger partial charge < -0.3 is 10.4 Å². The Labute approximate surface area is 119 Å². The highest BCUT2D eigenvalue weighted by Gasteiger charge is 2.36. The van der Waals surface area contributed by atoms with Crippen molar-refractivity contribution in [1.82, 2.24) is 9.97 Å². The molecule has 0 fully saturated rings. The van der Waals surface area contributed by atoms with Crippen LogP contribution in [0.5, 0.6) is 0 Å². The lowest BCUT2D eigenvalue weighted by molar-refractivity contribution is -0.142. The lowest BCUT2D eigenvalue weighted by Gasteiger charge is -2.29. The summed E-state index contributed by atoms with van der Waals surface area (Å²) in [4.78, 5) is 20.3. The van der Waals surface area contributed by atoms with Crippen molar-refractivity contribution in [3.8, 4) is 0 Å². The highest BCUT2D eigenvalue weighted by atomic mass is 16.4. The van der Waals surface area contributed by atoms with Crippen LogP contribution in [0.1, 0.15) is 57.2 Å². The fourth-order valence-electron chi connectivity index (χ4n) is 2.81. The van der Waals surface area contributed by atoms with E-state index in [1.54, 1.807) is 6.33 Å². The summed E-state index contributed by atoms with van der Waals surface area (Å²) >= 11 is 0. The zero-order valence-corrected chi connectivity index (χ0v) is 12.3. The molecule has 0 amide bonds. The minimum absolute atomic E-state index is 0.525. The molecule has 0 aromatic carbocycles. The maximum absolute atomic E-state index is 11.6. The number of fused-ring (bicyclic) bond motifs is 1. The fourth-order valence-corrected chi connectivity index (χ4v) is 2.81. The zero-order chi connectivity index (χ0) is 14.6. The van der Waals surface area contributed by atoms with Crippen LogP contribution in [0, 0.1) is 0 Å². The predicted octanol–water partition coefficient (Wildman–Crippen LogP) is 2.80. The van der Waals surface area contributed by atoms with E-state index in [1.165, 1.54) is 6.42 Å². The maximum atomic E-state index is 11.6. The number of aromatic nitrogens is 2. The molecule has 0 saturated carbocycles. The first kappa shape index (κ1) is 14.8. The normalized spacial score (nSPS) is 15.3. The summed E-state index contributed by atoms with van der Waals surface area (Å²) in [5.41, 5.74) is 1.25. The van der Waals surface area contributed by atoms with E-state index in [1.807, 2.05) is 13.8 Å². The first-order chi connectivity index (χ1) is 9.63. The number of carboxylic acids is 1. The molecule has 0 radical (unpaired) electrons. The average Bonchev–Trinajstić information content (AvgIpc) is 2.70. The van der Waals surface area contributed by atoms with Crippen LogP contribution in [-0.4, -0.2) is 26.6 Å². The number of nitrogens with one attached hydrogen (secondary N) is 1. The van der Waals surface area contributed by atoms with Crippen molar-refractivity contribution in [3.05, 3.63) is 17.6 Å². The molecule has 5 nitrogen and oxygen atoms in total. The van der Waals surface area contributed by atoms with Gasteiger partial charge in [-0.25, -0.2) is 14.8 Å². The van der Waals surface area contributed by atoms with Gasteiger partial charge in [0.15, 0.2) is 0 Å². The molecule has 0 spiro atoms. The van der Waals surface area contributed by atoms with Crippen LogP contribution in [0.2, 0.25) is 0 Å². The number of rotatable bonds is 5. The highest BCUT2D eigenvalue weighted by Crippen LogP contribution is 2.28. The molecule has 2 N–H and O–H groups in total. The van der Waals surface area contributed by atoms with Gasteiger partial charge in [0.1, 0.15) is 17.7 Å². The van der Waals surface area contributed by atoms with E-state index in [0.717, 1.165) is 36.9 Å². The van der Waals surface area contributed by atoms with Crippen molar-refractivity contribution in [2.24, 2.45) is 0 Å². The Morgan fingerprint density at radius 2 is 1.95 bits per heavy atom. The Kier molecular flexibility index (Phi) is 4.57. The summed E-state index contributed by atoms with van der Waals surface area (Å²) in [5, 5.41) is 12.7. The minimum atomic E-state index is -0.936. The van der Waals surface area contributed by atoms with E-state index < -0.39 is 11.5 Å². The topological polar surface area (TPSA) is 75.1 Å². The number of hydrogen-bond donors (Lipinski definition) is 2. The summed E-state index contributed by atoms with van der Waals surface area (Å²) in [6.45, 7) is 3.79. The number of aryl methyl sites for hydroxylation is 1. The summed E-state index contributed by atoms with van der Waals surface area (Å²) in [6.07, 6.45) is 7.95. The van der Waals surface area contributed by atoms with Crippen molar-refractivity contribution in [3.63, 3.8) is 0 Å². The van der Waals surface area contributed by atoms with Crippen molar-refractivity contribution >= 4 is 11.8 Å². The molecule has 1 aliphatic rings. The number of carbonyl (C=O) groups is 1. The van der Waals surface area contributed by atoms with Crippen LogP contribution >= 0.6 is 0 Å². The van der Waals surface area contributed by atoms with E-state index in [-0.39, 0.29) is 0 Å². The van der Waals surface area contributed by atoms with Crippen molar-refractivity contribution in [2.45, 2.75) is 64.3 Å². The largest absolute Gasteiger partial charge is 0.480 e.